The molecule has 0 bridgehead atoms. The highest BCUT2D eigenvalue weighted by molar-refractivity contribution is 5.77. The lowest BCUT2D eigenvalue weighted by molar-refractivity contribution is -0.123. The number of nitrogens with one attached hydrogen (secondary N) is 3. The molecule has 2 rings (SSSR count). The first kappa shape index (κ1) is 17.3. The van der Waals surface area contributed by atoms with E-state index in [-0.39, 0.29) is 11.8 Å². The number of piperidine rings is 1. The maximum atomic E-state index is 11.8. The molecule has 0 radical (unpaired) electrons. The lowest BCUT2D eigenvalue weighted by atomic mass is 9.93. The van der Waals surface area contributed by atoms with Crippen molar-refractivity contribution in [1.82, 2.24) is 16.0 Å². The van der Waals surface area contributed by atoms with Gasteiger partial charge < -0.3 is 16.0 Å². The average molecular weight is 309 g/mol. The van der Waals surface area contributed by atoms with Gasteiger partial charge in [0.1, 0.15) is 0 Å². The Bertz CT molecular complexity index is 348. The quantitative estimate of drug-likeness (QED) is 0.596. The third-order valence-electron chi connectivity index (χ3n) is 4.96. The lowest BCUT2D eigenvalue weighted by Crippen LogP contribution is -2.35. The van der Waals surface area contributed by atoms with Gasteiger partial charge in [-0.2, -0.15) is 0 Å². The summed E-state index contributed by atoms with van der Waals surface area (Å²) in [6.45, 7) is 3.25. The van der Waals surface area contributed by atoms with E-state index in [1.54, 1.807) is 0 Å². The number of carbonyl (C=O) groups is 2. The summed E-state index contributed by atoms with van der Waals surface area (Å²) in [6.07, 6.45) is 9.55. The molecule has 2 amide bonds. The fraction of sp³-hybridized carbons (Fsp3) is 0.882. The van der Waals surface area contributed by atoms with Crippen LogP contribution in [0.25, 0.3) is 0 Å². The zero-order chi connectivity index (χ0) is 15.6. The molecule has 3 N–H and O–H groups in total. The third-order valence-corrected chi connectivity index (χ3v) is 4.96. The van der Waals surface area contributed by atoms with Crippen molar-refractivity contribution in [1.29, 1.82) is 0 Å². The Morgan fingerprint density at radius 1 is 0.864 bits per heavy atom. The van der Waals surface area contributed by atoms with Gasteiger partial charge in [0.15, 0.2) is 0 Å². The third kappa shape index (κ3) is 6.77. The van der Waals surface area contributed by atoms with Crippen LogP contribution in [-0.2, 0) is 9.59 Å². The minimum Gasteiger partial charge on any atom is -0.354 e. The number of hydrogen-bond donors (Lipinski definition) is 3. The van der Waals surface area contributed by atoms with E-state index >= 15 is 0 Å². The van der Waals surface area contributed by atoms with Gasteiger partial charge >= 0.3 is 0 Å². The normalized spacial score (nSPS) is 20.0. The first-order valence-corrected chi connectivity index (χ1v) is 8.98. The first-order valence-electron chi connectivity index (χ1n) is 8.98. The van der Waals surface area contributed by atoms with E-state index in [4.69, 9.17) is 0 Å². The molecule has 0 spiro atoms. The van der Waals surface area contributed by atoms with E-state index in [9.17, 15) is 9.59 Å². The van der Waals surface area contributed by atoms with Crippen LogP contribution in [0.1, 0.15) is 57.8 Å². The summed E-state index contributed by atoms with van der Waals surface area (Å²) in [5.74, 6) is 1.53. The predicted octanol–water partition coefficient (Wildman–Crippen LogP) is 1.58. The molecule has 1 saturated heterocycles. The summed E-state index contributed by atoms with van der Waals surface area (Å²) in [5, 5.41) is 9.15. The molecule has 126 valence electrons. The van der Waals surface area contributed by atoms with Crippen molar-refractivity contribution in [2.24, 2.45) is 11.8 Å². The van der Waals surface area contributed by atoms with Crippen LogP contribution in [0.5, 0.6) is 0 Å². The molecule has 5 nitrogen and oxygen atoms in total. The molecule has 0 aromatic heterocycles. The Labute approximate surface area is 134 Å². The summed E-state index contributed by atoms with van der Waals surface area (Å²) >= 11 is 0. The molecule has 0 aromatic rings. The standard InChI is InChI=1S/C17H31N3O2/c21-16(6-5-14-7-9-18-10-8-14)19-11-12-20-17(22)13-15-3-1-2-4-15/h14-15,18H,1-13H2,(H,19,21)(H,20,22). The van der Waals surface area contributed by atoms with Crippen molar-refractivity contribution >= 4 is 11.8 Å². The van der Waals surface area contributed by atoms with Gasteiger partial charge in [0.05, 0.1) is 0 Å². The number of hydrogen-bond acceptors (Lipinski definition) is 3. The smallest absolute Gasteiger partial charge is 0.220 e. The molecular formula is C17H31N3O2. The van der Waals surface area contributed by atoms with Crippen LogP contribution in [0.4, 0.5) is 0 Å². The fourth-order valence-corrected chi connectivity index (χ4v) is 3.55. The van der Waals surface area contributed by atoms with E-state index in [1.165, 1.54) is 38.5 Å². The van der Waals surface area contributed by atoms with Crippen molar-refractivity contribution in [3.8, 4) is 0 Å². The van der Waals surface area contributed by atoms with Crippen LogP contribution < -0.4 is 16.0 Å². The second kappa shape index (κ2) is 9.82. The minimum absolute atomic E-state index is 0.114. The fourth-order valence-electron chi connectivity index (χ4n) is 3.55. The molecule has 2 fully saturated rings. The Morgan fingerprint density at radius 3 is 2.18 bits per heavy atom. The second-order valence-corrected chi connectivity index (χ2v) is 6.79. The van der Waals surface area contributed by atoms with Crippen molar-refractivity contribution in [2.75, 3.05) is 26.2 Å². The van der Waals surface area contributed by atoms with E-state index in [1.807, 2.05) is 0 Å². The van der Waals surface area contributed by atoms with E-state index in [0.29, 0.717) is 37.8 Å². The van der Waals surface area contributed by atoms with Gasteiger partial charge in [-0.15, -0.1) is 0 Å². The van der Waals surface area contributed by atoms with Crippen molar-refractivity contribution in [2.45, 2.75) is 57.8 Å². The highest BCUT2D eigenvalue weighted by Crippen LogP contribution is 2.27. The van der Waals surface area contributed by atoms with Crippen LogP contribution in [0, 0.1) is 11.8 Å². The lowest BCUT2D eigenvalue weighted by Gasteiger charge is -2.22. The van der Waals surface area contributed by atoms with Crippen LogP contribution in [0.3, 0.4) is 0 Å². The minimum atomic E-state index is 0.114. The summed E-state index contributed by atoms with van der Waals surface area (Å²) < 4.78 is 0. The zero-order valence-corrected chi connectivity index (χ0v) is 13.7. The van der Waals surface area contributed by atoms with E-state index in [0.717, 1.165) is 19.5 Å². The highest BCUT2D eigenvalue weighted by Gasteiger charge is 2.18. The Kier molecular flexibility index (Phi) is 7.71. The monoisotopic (exact) mass is 309 g/mol. The molecule has 2 aliphatic rings. The zero-order valence-electron chi connectivity index (χ0n) is 13.7. The molecule has 5 heteroatoms. The largest absolute Gasteiger partial charge is 0.354 e. The topological polar surface area (TPSA) is 70.2 Å². The molecule has 1 heterocycles. The Morgan fingerprint density at radius 2 is 1.50 bits per heavy atom. The molecule has 1 aliphatic heterocycles. The molecule has 0 atom stereocenters. The van der Waals surface area contributed by atoms with Crippen molar-refractivity contribution < 1.29 is 9.59 Å². The molecule has 22 heavy (non-hydrogen) atoms. The second-order valence-electron chi connectivity index (χ2n) is 6.79. The Hall–Kier alpha value is -1.10. The van der Waals surface area contributed by atoms with Gasteiger partial charge in [-0.1, -0.05) is 12.8 Å². The van der Waals surface area contributed by atoms with Gasteiger partial charge in [-0.05, 0) is 57.0 Å². The number of carbonyl (C=O) groups excluding carboxylic acids is 2. The van der Waals surface area contributed by atoms with Crippen LogP contribution in [0.15, 0.2) is 0 Å². The van der Waals surface area contributed by atoms with Gasteiger partial charge in [0, 0.05) is 25.9 Å². The molecule has 0 unspecified atom stereocenters. The van der Waals surface area contributed by atoms with Crippen LogP contribution >= 0.6 is 0 Å². The maximum Gasteiger partial charge on any atom is 0.220 e. The number of amides is 2. The number of rotatable bonds is 8. The van der Waals surface area contributed by atoms with Crippen molar-refractivity contribution in [3.05, 3.63) is 0 Å². The molecule has 1 saturated carbocycles. The molecular weight excluding hydrogens is 278 g/mol. The summed E-state index contributed by atoms with van der Waals surface area (Å²) in [7, 11) is 0. The molecule has 1 aliphatic carbocycles. The van der Waals surface area contributed by atoms with Crippen LogP contribution in [-0.4, -0.2) is 38.0 Å². The Balaban J connectivity index is 1.45. The van der Waals surface area contributed by atoms with Crippen LogP contribution in [0.2, 0.25) is 0 Å². The van der Waals surface area contributed by atoms with E-state index < -0.39 is 0 Å². The van der Waals surface area contributed by atoms with Gasteiger partial charge in [0.25, 0.3) is 0 Å². The summed E-state index contributed by atoms with van der Waals surface area (Å²) in [5.41, 5.74) is 0. The summed E-state index contributed by atoms with van der Waals surface area (Å²) in [4.78, 5) is 23.5. The van der Waals surface area contributed by atoms with Gasteiger partial charge in [-0.25, -0.2) is 0 Å². The van der Waals surface area contributed by atoms with Gasteiger partial charge in [-0.3, -0.25) is 9.59 Å². The SMILES string of the molecule is O=C(CCC1CCNCC1)NCCNC(=O)CC1CCCC1. The predicted molar refractivity (Wildman–Crippen MR) is 87.4 cm³/mol. The maximum absolute atomic E-state index is 11.8. The summed E-state index contributed by atoms with van der Waals surface area (Å²) in [6, 6.07) is 0. The van der Waals surface area contributed by atoms with Crippen molar-refractivity contribution in [3.63, 3.8) is 0 Å². The first-order chi connectivity index (χ1) is 10.7. The van der Waals surface area contributed by atoms with Gasteiger partial charge in [0.2, 0.25) is 11.8 Å². The van der Waals surface area contributed by atoms with E-state index in [2.05, 4.69) is 16.0 Å². The average Bonchev–Trinajstić information content (AvgIpc) is 3.03. The highest BCUT2D eigenvalue weighted by atomic mass is 16.2. The molecule has 0 aromatic carbocycles.